The molecule has 1 aromatic rings. The second-order valence-electron chi connectivity index (χ2n) is 4.70. The molecule has 8 heteroatoms. The number of carbonyl (C=O) groups is 1. The number of nitrogen functional groups attached to an aromatic ring is 1. The number of hydrogen-bond donors (Lipinski definition) is 3. The molecule has 0 heterocycles. The van der Waals surface area contributed by atoms with Gasteiger partial charge in [-0.15, -0.1) is 0 Å². The molecule has 0 aliphatic rings. The van der Waals surface area contributed by atoms with Gasteiger partial charge in [0.05, 0.1) is 6.04 Å². The van der Waals surface area contributed by atoms with Crippen molar-refractivity contribution < 1.29 is 17.6 Å². The molecular formula is C12H18FN3O3S. The molecular weight excluding hydrogens is 285 g/mol. The fraction of sp³-hybridized carbons (Fsp3) is 0.417. The summed E-state index contributed by atoms with van der Waals surface area (Å²) in [6, 6.07) is 2.07. The maximum absolute atomic E-state index is 13.6. The van der Waals surface area contributed by atoms with E-state index in [-0.39, 0.29) is 11.7 Å². The third kappa shape index (κ3) is 4.17. The smallest absolute Gasteiger partial charge is 0.244 e. The summed E-state index contributed by atoms with van der Waals surface area (Å²) in [5, 5.41) is 2.56. The normalized spacial score (nSPS) is 13.2. The predicted octanol–water partition coefficient (Wildman–Crippen LogP) is 0.599. The molecule has 0 bridgehead atoms. The number of hydrogen-bond acceptors (Lipinski definition) is 4. The first-order valence-electron chi connectivity index (χ1n) is 6.01. The molecule has 4 N–H and O–H groups in total. The third-order valence-electron chi connectivity index (χ3n) is 2.40. The summed E-state index contributed by atoms with van der Waals surface area (Å²) < 4.78 is 39.7. The number of nitrogens with two attached hydrogens (primary N) is 1. The van der Waals surface area contributed by atoms with Gasteiger partial charge < -0.3 is 11.1 Å². The second kappa shape index (κ2) is 6.19. The first kappa shape index (κ1) is 16.4. The van der Waals surface area contributed by atoms with Gasteiger partial charge in [-0.1, -0.05) is 0 Å². The number of carbonyl (C=O) groups excluding carboxylic acids is 1. The first-order valence-corrected chi connectivity index (χ1v) is 7.49. The van der Waals surface area contributed by atoms with Gasteiger partial charge in [-0.05, 0) is 39.0 Å². The van der Waals surface area contributed by atoms with Crippen LogP contribution in [0.4, 0.5) is 10.1 Å². The van der Waals surface area contributed by atoms with Crippen LogP contribution in [0.5, 0.6) is 0 Å². The summed E-state index contributed by atoms with van der Waals surface area (Å²) in [6.07, 6.45) is 0. The molecule has 0 saturated carbocycles. The Bertz CT molecular complexity index is 602. The van der Waals surface area contributed by atoms with Crippen molar-refractivity contribution in [3.8, 4) is 0 Å². The van der Waals surface area contributed by atoms with E-state index in [0.717, 1.165) is 12.1 Å². The lowest BCUT2D eigenvalue weighted by Gasteiger charge is -2.16. The molecule has 1 amide bonds. The molecule has 0 aliphatic heterocycles. The van der Waals surface area contributed by atoms with Gasteiger partial charge in [0.15, 0.2) is 0 Å². The molecule has 1 rings (SSSR count). The highest BCUT2D eigenvalue weighted by Crippen LogP contribution is 2.17. The highest BCUT2D eigenvalue weighted by molar-refractivity contribution is 7.89. The van der Waals surface area contributed by atoms with E-state index in [1.807, 2.05) is 0 Å². The minimum Gasteiger partial charge on any atom is -0.399 e. The van der Waals surface area contributed by atoms with Crippen LogP contribution in [0.25, 0.3) is 0 Å². The van der Waals surface area contributed by atoms with Crippen LogP contribution in [0.3, 0.4) is 0 Å². The summed E-state index contributed by atoms with van der Waals surface area (Å²) in [4.78, 5) is 11.1. The minimum atomic E-state index is -4.16. The monoisotopic (exact) mass is 303 g/mol. The Morgan fingerprint density at radius 3 is 2.45 bits per heavy atom. The maximum Gasteiger partial charge on any atom is 0.244 e. The van der Waals surface area contributed by atoms with Crippen LogP contribution in [-0.4, -0.2) is 26.4 Å². The zero-order chi connectivity index (χ0) is 15.5. The Morgan fingerprint density at radius 1 is 1.30 bits per heavy atom. The lowest BCUT2D eigenvalue weighted by atomic mass is 10.3. The number of amides is 1. The standard InChI is InChI=1S/C12H18FN3O3S/c1-7(2)15-12(17)8(3)16-20(18,19)11-6-9(14)4-5-10(11)13/h4-8,16H,14H2,1-3H3,(H,15,17). The van der Waals surface area contributed by atoms with E-state index >= 15 is 0 Å². The molecule has 0 fully saturated rings. The number of halogens is 1. The average Bonchev–Trinajstić information content (AvgIpc) is 2.30. The Kier molecular flexibility index (Phi) is 5.07. The third-order valence-corrected chi connectivity index (χ3v) is 3.96. The fourth-order valence-electron chi connectivity index (χ4n) is 1.49. The zero-order valence-electron chi connectivity index (χ0n) is 11.5. The fourth-order valence-corrected chi connectivity index (χ4v) is 2.80. The SMILES string of the molecule is CC(C)NC(=O)C(C)NS(=O)(=O)c1cc(N)ccc1F. The van der Waals surface area contributed by atoms with Crippen LogP contribution < -0.4 is 15.8 Å². The van der Waals surface area contributed by atoms with E-state index in [4.69, 9.17) is 5.73 Å². The minimum absolute atomic E-state index is 0.117. The van der Waals surface area contributed by atoms with Crippen molar-refractivity contribution in [2.24, 2.45) is 0 Å². The van der Waals surface area contributed by atoms with E-state index in [0.29, 0.717) is 0 Å². The zero-order valence-corrected chi connectivity index (χ0v) is 12.3. The van der Waals surface area contributed by atoms with Gasteiger partial charge in [0.1, 0.15) is 10.7 Å². The van der Waals surface area contributed by atoms with Crippen LogP contribution in [0, 0.1) is 5.82 Å². The number of sulfonamides is 1. The average molecular weight is 303 g/mol. The molecule has 112 valence electrons. The first-order chi connectivity index (χ1) is 9.13. The molecule has 0 aromatic heterocycles. The molecule has 1 atom stereocenters. The molecule has 0 radical (unpaired) electrons. The quantitative estimate of drug-likeness (QED) is 0.693. The Morgan fingerprint density at radius 2 is 1.90 bits per heavy atom. The van der Waals surface area contributed by atoms with Crippen molar-refractivity contribution in [1.82, 2.24) is 10.0 Å². The van der Waals surface area contributed by atoms with Crippen LogP contribution in [0.1, 0.15) is 20.8 Å². The number of rotatable bonds is 5. The highest BCUT2D eigenvalue weighted by atomic mass is 32.2. The maximum atomic E-state index is 13.6. The topological polar surface area (TPSA) is 101 Å². The summed E-state index contributed by atoms with van der Waals surface area (Å²) in [5.74, 6) is -1.42. The highest BCUT2D eigenvalue weighted by Gasteiger charge is 2.25. The number of nitrogens with one attached hydrogen (secondary N) is 2. The molecule has 1 aromatic carbocycles. The van der Waals surface area contributed by atoms with Gasteiger partial charge in [0.2, 0.25) is 15.9 Å². The summed E-state index contributed by atoms with van der Waals surface area (Å²) in [7, 11) is -4.16. The van der Waals surface area contributed by atoms with Gasteiger partial charge in [-0.3, -0.25) is 4.79 Å². The van der Waals surface area contributed by atoms with E-state index in [1.165, 1.54) is 13.0 Å². The van der Waals surface area contributed by atoms with Crippen molar-refractivity contribution in [2.75, 3.05) is 5.73 Å². The van der Waals surface area contributed by atoms with Crippen LogP contribution >= 0.6 is 0 Å². The number of benzene rings is 1. The molecule has 6 nitrogen and oxygen atoms in total. The molecule has 0 aliphatic carbocycles. The van der Waals surface area contributed by atoms with Crippen molar-refractivity contribution in [2.45, 2.75) is 37.8 Å². The van der Waals surface area contributed by atoms with Crippen LogP contribution in [0.2, 0.25) is 0 Å². The van der Waals surface area contributed by atoms with Crippen molar-refractivity contribution in [3.63, 3.8) is 0 Å². The van der Waals surface area contributed by atoms with E-state index in [9.17, 15) is 17.6 Å². The summed E-state index contributed by atoms with van der Waals surface area (Å²) >= 11 is 0. The summed E-state index contributed by atoms with van der Waals surface area (Å²) in [5.41, 5.74) is 5.56. The molecule has 0 saturated heterocycles. The predicted molar refractivity (Wildman–Crippen MR) is 73.9 cm³/mol. The molecule has 20 heavy (non-hydrogen) atoms. The van der Waals surface area contributed by atoms with Gasteiger partial charge >= 0.3 is 0 Å². The molecule has 1 unspecified atom stereocenters. The number of anilines is 1. The van der Waals surface area contributed by atoms with Crippen molar-refractivity contribution in [3.05, 3.63) is 24.0 Å². The Labute approximate surface area is 117 Å². The second-order valence-corrected chi connectivity index (χ2v) is 6.38. The van der Waals surface area contributed by atoms with E-state index in [1.54, 1.807) is 13.8 Å². The Hall–Kier alpha value is -1.67. The van der Waals surface area contributed by atoms with Crippen LogP contribution in [-0.2, 0) is 14.8 Å². The van der Waals surface area contributed by atoms with E-state index < -0.39 is 32.7 Å². The lowest BCUT2D eigenvalue weighted by molar-refractivity contribution is -0.122. The van der Waals surface area contributed by atoms with Crippen molar-refractivity contribution >= 4 is 21.6 Å². The van der Waals surface area contributed by atoms with Gasteiger partial charge in [0.25, 0.3) is 0 Å². The largest absolute Gasteiger partial charge is 0.399 e. The van der Waals surface area contributed by atoms with Crippen molar-refractivity contribution in [1.29, 1.82) is 0 Å². The lowest BCUT2D eigenvalue weighted by Crippen LogP contribution is -2.46. The summed E-state index contributed by atoms with van der Waals surface area (Å²) in [6.45, 7) is 4.87. The molecule has 0 spiro atoms. The van der Waals surface area contributed by atoms with Gasteiger partial charge in [-0.25, -0.2) is 12.8 Å². The van der Waals surface area contributed by atoms with Gasteiger partial charge in [-0.2, -0.15) is 4.72 Å². The van der Waals surface area contributed by atoms with Gasteiger partial charge in [0, 0.05) is 11.7 Å². The Balaban J connectivity index is 2.95. The van der Waals surface area contributed by atoms with Crippen LogP contribution in [0.15, 0.2) is 23.1 Å². The van der Waals surface area contributed by atoms with E-state index in [2.05, 4.69) is 10.0 Å².